The Morgan fingerprint density at radius 3 is 2.45 bits per heavy atom. The summed E-state index contributed by atoms with van der Waals surface area (Å²) in [5.41, 5.74) is 1.09. The number of hydrogen-bond donors (Lipinski definition) is 0. The van der Waals surface area contributed by atoms with E-state index in [4.69, 9.17) is 6.42 Å². The van der Waals surface area contributed by atoms with E-state index in [1.807, 2.05) is 0 Å². The Morgan fingerprint density at radius 1 is 1.27 bits per heavy atom. The fraction of sp³-hybridized carbons (Fsp3) is 0. The predicted molar refractivity (Wildman–Crippen MR) is 42.3 cm³/mol. The fourth-order valence-electron chi connectivity index (χ4n) is 0.775. The minimum atomic E-state index is -0.355. The van der Waals surface area contributed by atoms with E-state index in [0.717, 1.165) is 0 Å². The Morgan fingerprint density at radius 2 is 1.91 bits per heavy atom. The zero-order valence-corrected chi connectivity index (χ0v) is 5.89. The Labute approximate surface area is 65.4 Å². The molecular formula is C10H6F. The van der Waals surface area contributed by atoms with Gasteiger partial charge in [-0.05, 0) is 29.8 Å². The van der Waals surface area contributed by atoms with Crippen LogP contribution in [0, 0.1) is 24.2 Å². The van der Waals surface area contributed by atoms with Crippen LogP contribution in [-0.2, 0) is 0 Å². The molecule has 0 aliphatic rings. The van der Waals surface area contributed by atoms with Gasteiger partial charge in [0.15, 0.2) is 0 Å². The number of rotatable bonds is 1. The molecule has 0 atom stereocenters. The van der Waals surface area contributed by atoms with Gasteiger partial charge in [0.2, 0.25) is 0 Å². The second-order valence-electron chi connectivity index (χ2n) is 2.05. The smallest absolute Gasteiger partial charge is 0.125 e. The molecule has 0 aliphatic carbocycles. The molecule has 0 saturated carbocycles. The molecule has 0 fully saturated rings. The maximum atomic E-state index is 12.6. The third-order valence-corrected chi connectivity index (χ3v) is 1.27. The number of halogens is 1. The monoisotopic (exact) mass is 145 g/mol. The molecule has 0 heterocycles. The lowest BCUT2D eigenvalue weighted by Gasteiger charge is -1.94. The highest BCUT2D eigenvalue weighted by molar-refractivity contribution is 5.37. The van der Waals surface area contributed by atoms with Gasteiger partial charge in [-0.2, -0.15) is 0 Å². The molecular weight excluding hydrogens is 139 g/mol. The second kappa shape index (κ2) is 3.03. The average molecular weight is 145 g/mol. The first kappa shape index (κ1) is 7.56. The summed E-state index contributed by atoms with van der Waals surface area (Å²) in [6.45, 7) is 3.39. The Kier molecular flexibility index (Phi) is 2.08. The Balaban J connectivity index is 3.25. The lowest BCUT2D eigenvalue weighted by molar-refractivity contribution is 0.626. The molecule has 1 aromatic rings. The highest BCUT2D eigenvalue weighted by Crippen LogP contribution is 2.07. The number of hydrogen-bond acceptors (Lipinski definition) is 0. The van der Waals surface area contributed by atoms with E-state index in [-0.39, 0.29) is 5.82 Å². The highest BCUT2D eigenvalue weighted by Gasteiger charge is 1.94. The standard InChI is InChI=1S/C10H6F/c1-3-8-5-9(4-2)7-10(11)6-8/h1,5-7H,2H2. The van der Waals surface area contributed by atoms with Gasteiger partial charge in [-0.1, -0.05) is 12.5 Å². The summed E-state index contributed by atoms with van der Waals surface area (Å²) in [5.74, 6) is 1.98. The van der Waals surface area contributed by atoms with Gasteiger partial charge < -0.3 is 0 Å². The van der Waals surface area contributed by atoms with Crippen molar-refractivity contribution < 1.29 is 4.39 Å². The van der Waals surface area contributed by atoms with E-state index in [1.54, 1.807) is 6.07 Å². The van der Waals surface area contributed by atoms with E-state index in [0.29, 0.717) is 11.1 Å². The predicted octanol–water partition coefficient (Wildman–Crippen LogP) is 2.14. The van der Waals surface area contributed by atoms with Crippen molar-refractivity contribution in [1.29, 1.82) is 0 Å². The van der Waals surface area contributed by atoms with Gasteiger partial charge in [-0.25, -0.2) is 4.39 Å². The summed E-state index contributed by atoms with van der Waals surface area (Å²) >= 11 is 0. The van der Waals surface area contributed by atoms with Crippen LogP contribution in [0.1, 0.15) is 11.1 Å². The largest absolute Gasteiger partial charge is 0.207 e. The van der Waals surface area contributed by atoms with Gasteiger partial charge in [-0.3, -0.25) is 0 Å². The molecule has 53 valence electrons. The molecule has 1 rings (SSSR count). The molecule has 11 heavy (non-hydrogen) atoms. The van der Waals surface area contributed by atoms with Crippen LogP contribution >= 0.6 is 0 Å². The molecule has 1 aromatic carbocycles. The maximum absolute atomic E-state index is 12.6. The molecule has 0 unspecified atom stereocenters. The van der Waals surface area contributed by atoms with Crippen LogP contribution < -0.4 is 0 Å². The van der Waals surface area contributed by atoms with E-state index < -0.39 is 0 Å². The third-order valence-electron chi connectivity index (χ3n) is 1.27. The lowest BCUT2D eigenvalue weighted by atomic mass is 10.1. The Hall–Kier alpha value is -1.55. The van der Waals surface area contributed by atoms with Gasteiger partial charge in [0.1, 0.15) is 5.82 Å². The van der Waals surface area contributed by atoms with Crippen molar-refractivity contribution in [2.24, 2.45) is 0 Å². The summed E-state index contributed by atoms with van der Waals surface area (Å²) in [6.07, 6.45) is 7.63. The van der Waals surface area contributed by atoms with Crippen molar-refractivity contribution >= 4 is 0 Å². The van der Waals surface area contributed by atoms with Crippen molar-refractivity contribution in [3.63, 3.8) is 0 Å². The maximum Gasteiger partial charge on any atom is 0.125 e. The van der Waals surface area contributed by atoms with Crippen LogP contribution in [0.2, 0.25) is 0 Å². The van der Waals surface area contributed by atoms with Gasteiger partial charge in [0.25, 0.3) is 0 Å². The van der Waals surface area contributed by atoms with Gasteiger partial charge in [-0.15, -0.1) is 6.42 Å². The van der Waals surface area contributed by atoms with Crippen LogP contribution in [0.3, 0.4) is 0 Å². The molecule has 0 N–H and O–H groups in total. The van der Waals surface area contributed by atoms with E-state index in [1.165, 1.54) is 12.1 Å². The zero-order chi connectivity index (χ0) is 8.27. The molecule has 0 aromatic heterocycles. The first-order chi connectivity index (χ1) is 5.26. The number of terminal acetylenes is 1. The topological polar surface area (TPSA) is 0 Å². The number of benzene rings is 1. The third kappa shape index (κ3) is 1.68. The zero-order valence-electron chi connectivity index (χ0n) is 5.89. The summed E-state index contributed by atoms with van der Waals surface area (Å²) in [6, 6.07) is 4.27. The molecule has 1 heteroatoms. The average Bonchev–Trinajstić information content (AvgIpc) is 2.03. The van der Waals surface area contributed by atoms with Gasteiger partial charge >= 0.3 is 0 Å². The summed E-state index contributed by atoms with van der Waals surface area (Å²) in [5, 5.41) is 0. The van der Waals surface area contributed by atoms with Crippen LogP contribution in [0.15, 0.2) is 24.8 Å². The van der Waals surface area contributed by atoms with Crippen molar-refractivity contribution in [2.75, 3.05) is 0 Å². The fourth-order valence-corrected chi connectivity index (χ4v) is 0.775. The first-order valence-corrected chi connectivity index (χ1v) is 3.06. The summed E-state index contributed by atoms with van der Waals surface area (Å²) in [4.78, 5) is 0. The quantitative estimate of drug-likeness (QED) is 0.531. The molecule has 0 amide bonds. The van der Waals surface area contributed by atoms with Crippen LogP contribution in [-0.4, -0.2) is 0 Å². The van der Waals surface area contributed by atoms with E-state index in [2.05, 4.69) is 18.6 Å². The Bertz CT molecular complexity index is 318. The molecule has 0 aliphatic heterocycles. The molecule has 0 spiro atoms. The van der Waals surface area contributed by atoms with Crippen molar-refractivity contribution in [1.82, 2.24) is 0 Å². The van der Waals surface area contributed by atoms with Crippen LogP contribution in [0.5, 0.6) is 0 Å². The first-order valence-electron chi connectivity index (χ1n) is 3.06. The van der Waals surface area contributed by atoms with Gasteiger partial charge in [0, 0.05) is 5.56 Å². The normalized spacial score (nSPS) is 8.73. The van der Waals surface area contributed by atoms with Crippen molar-refractivity contribution in [2.45, 2.75) is 0 Å². The molecule has 0 nitrogen and oxygen atoms in total. The van der Waals surface area contributed by atoms with Crippen LogP contribution in [0.4, 0.5) is 4.39 Å². The summed E-state index contributed by atoms with van der Waals surface area (Å²) in [7, 11) is 0. The summed E-state index contributed by atoms with van der Waals surface area (Å²) < 4.78 is 12.6. The van der Waals surface area contributed by atoms with Gasteiger partial charge in [0.05, 0.1) is 0 Å². The second-order valence-corrected chi connectivity index (χ2v) is 2.05. The van der Waals surface area contributed by atoms with E-state index in [9.17, 15) is 4.39 Å². The van der Waals surface area contributed by atoms with Crippen molar-refractivity contribution in [3.8, 4) is 12.3 Å². The molecule has 0 saturated heterocycles. The lowest BCUT2D eigenvalue weighted by Crippen LogP contribution is -1.81. The molecule has 0 bridgehead atoms. The van der Waals surface area contributed by atoms with E-state index >= 15 is 0 Å². The minimum absolute atomic E-state index is 0.355. The minimum Gasteiger partial charge on any atom is -0.207 e. The molecule has 1 radical (unpaired) electrons. The van der Waals surface area contributed by atoms with Crippen molar-refractivity contribution in [3.05, 3.63) is 47.8 Å². The highest BCUT2D eigenvalue weighted by atomic mass is 19.1. The van der Waals surface area contributed by atoms with Crippen LogP contribution in [0.25, 0.3) is 0 Å². The SMILES string of the molecule is C#Cc1cc(F)cc([C]=C)c1.